The number of nitrogens with one attached hydrogen (secondary N) is 1. The van der Waals surface area contributed by atoms with Crippen molar-refractivity contribution in [3.63, 3.8) is 0 Å². The van der Waals surface area contributed by atoms with E-state index >= 15 is 0 Å². The number of aryl methyl sites for hydroxylation is 2. The van der Waals surface area contributed by atoms with E-state index in [1.54, 1.807) is 7.11 Å². The number of carbonyl (C=O) groups is 1. The van der Waals surface area contributed by atoms with Crippen molar-refractivity contribution in [3.05, 3.63) is 41.2 Å². The van der Waals surface area contributed by atoms with Crippen LogP contribution >= 0.6 is 0 Å². The summed E-state index contributed by atoms with van der Waals surface area (Å²) < 4.78 is 7.35. The van der Waals surface area contributed by atoms with E-state index in [9.17, 15) is 4.79 Å². The van der Waals surface area contributed by atoms with Gasteiger partial charge in [-0.1, -0.05) is 6.42 Å². The second kappa shape index (κ2) is 8.57. The van der Waals surface area contributed by atoms with E-state index in [-0.39, 0.29) is 5.91 Å². The number of benzene rings is 1. The number of rotatable bonds is 5. The summed E-state index contributed by atoms with van der Waals surface area (Å²) in [6, 6.07) is 8.22. The summed E-state index contributed by atoms with van der Waals surface area (Å²) in [5, 5.41) is 7.76. The first-order valence-corrected chi connectivity index (χ1v) is 10.8. The predicted octanol–water partition coefficient (Wildman–Crippen LogP) is 3.49. The van der Waals surface area contributed by atoms with Crippen molar-refractivity contribution in [2.45, 2.75) is 52.0 Å². The Morgan fingerprint density at radius 3 is 2.76 bits per heavy atom. The molecule has 156 valence electrons. The van der Waals surface area contributed by atoms with Gasteiger partial charge >= 0.3 is 0 Å². The van der Waals surface area contributed by atoms with Gasteiger partial charge in [-0.25, -0.2) is 4.68 Å². The summed E-state index contributed by atoms with van der Waals surface area (Å²) in [6.07, 6.45) is 6.35. The van der Waals surface area contributed by atoms with Crippen molar-refractivity contribution < 1.29 is 9.53 Å². The van der Waals surface area contributed by atoms with Crippen LogP contribution in [0.15, 0.2) is 24.3 Å². The topological polar surface area (TPSA) is 59.4 Å². The average molecular weight is 397 g/mol. The van der Waals surface area contributed by atoms with E-state index in [1.807, 2.05) is 42.8 Å². The SMILES string of the molecule is COc1ccc(C(=O)NC[C@@H]2CCCN3CCCC[C@@H]23)cc1-n1nc(C)cc1C. The summed E-state index contributed by atoms with van der Waals surface area (Å²) in [5.74, 6) is 1.24. The maximum Gasteiger partial charge on any atom is 0.251 e. The van der Waals surface area contributed by atoms with Crippen molar-refractivity contribution in [3.8, 4) is 11.4 Å². The van der Waals surface area contributed by atoms with Crippen LogP contribution in [0.1, 0.15) is 53.8 Å². The van der Waals surface area contributed by atoms with Crippen LogP contribution in [0, 0.1) is 19.8 Å². The van der Waals surface area contributed by atoms with Gasteiger partial charge in [-0.3, -0.25) is 4.79 Å². The first kappa shape index (κ1) is 20.0. The number of carbonyl (C=O) groups excluding carboxylic acids is 1. The maximum absolute atomic E-state index is 12.9. The summed E-state index contributed by atoms with van der Waals surface area (Å²) in [5.41, 5.74) is 3.39. The number of nitrogens with zero attached hydrogens (tertiary/aromatic N) is 3. The summed E-state index contributed by atoms with van der Waals surface area (Å²) >= 11 is 0. The molecule has 29 heavy (non-hydrogen) atoms. The number of piperidine rings is 2. The molecule has 3 heterocycles. The predicted molar refractivity (Wildman–Crippen MR) is 114 cm³/mol. The molecule has 1 aromatic heterocycles. The smallest absolute Gasteiger partial charge is 0.251 e. The van der Waals surface area contributed by atoms with Crippen LogP contribution in [0.5, 0.6) is 5.75 Å². The molecule has 0 radical (unpaired) electrons. The Kier molecular flexibility index (Phi) is 5.90. The highest BCUT2D eigenvalue weighted by molar-refractivity contribution is 5.95. The van der Waals surface area contributed by atoms with Crippen LogP contribution in [0.2, 0.25) is 0 Å². The Bertz CT molecular complexity index is 874. The second-order valence-electron chi connectivity index (χ2n) is 8.44. The lowest BCUT2D eigenvalue weighted by molar-refractivity contribution is 0.0575. The Morgan fingerprint density at radius 2 is 2.00 bits per heavy atom. The zero-order valence-corrected chi connectivity index (χ0v) is 17.8. The fourth-order valence-corrected chi connectivity index (χ4v) is 5.01. The number of hydrogen-bond donors (Lipinski definition) is 1. The lowest BCUT2D eigenvalue weighted by atomic mass is 9.83. The normalized spacial score (nSPS) is 22.2. The molecule has 6 nitrogen and oxygen atoms in total. The number of ether oxygens (including phenoxy) is 1. The quantitative estimate of drug-likeness (QED) is 0.840. The molecule has 2 aromatic rings. The molecule has 1 N–H and O–H groups in total. The fourth-order valence-electron chi connectivity index (χ4n) is 5.01. The lowest BCUT2D eigenvalue weighted by Crippen LogP contribution is -2.51. The number of hydrogen-bond acceptors (Lipinski definition) is 4. The number of methoxy groups -OCH3 is 1. The molecule has 2 aliphatic rings. The zero-order chi connectivity index (χ0) is 20.4. The molecular formula is C23H32N4O2. The second-order valence-corrected chi connectivity index (χ2v) is 8.44. The van der Waals surface area contributed by atoms with Crippen molar-refractivity contribution in [1.29, 1.82) is 0 Å². The summed E-state index contributed by atoms with van der Waals surface area (Å²) in [6.45, 7) is 7.16. The molecule has 0 bridgehead atoms. The van der Waals surface area contributed by atoms with E-state index < -0.39 is 0 Å². The third-order valence-corrected chi connectivity index (χ3v) is 6.43. The van der Waals surface area contributed by atoms with Gasteiger partial charge in [0, 0.05) is 23.8 Å². The van der Waals surface area contributed by atoms with E-state index in [0.717, 1.165) is 23.6 Å². The van der Waals surface area contributed by atoms with Gasteiger partial charge in [0.05, 0.1) is 12.8 Å². The standard InChI is InChI=1S/C23H32N4O2/c1-16-13-17(2)27(25-16)21-14-18(9-10-22(21)29-3)23(28)24-15-19-7-6-12-26-11-5-4-8-20(19)26/h9-10,13-14,19-20H,4-8,11-12,15H2,1-3H3,(H,24,28)/t19-,20-/m0/s1. The van der Waals surface area contributed by atoms with Crippen molar-refractivity contribution >= 4 is 5.91 Å². The van der Waals surface area contributed by atoms with Gasteiger partial charge in [0.2, 0.25) is 0 Å². The van der Waals surface area contributed by atoms with Gasteiger partial charge in [0.1, 0.15) is 11.4 Å². The van der Waals surface area contributed by atoms with Gasteiger partial charge in [0.25, 0.3) is 5.91 Å². The van der Waals surface area contributed by atoms with Gasteiger partial charge in [0.15, 0.2) is 0 Å². The molecule has 2 fully saturated rings. The number of aromatic nitrogens is 2. The summed E-state index contributed by atoms with van der Waals surface area (Å²) in [4.78, 5) is 15.6. The highest BCUT2D eigenvalue weighted by Gasteiger charge is 2.33. The molecule has 6 heteroatoms. The Hall–Kier alpha value is -2.34. The molecule has 2 saturated heterocycles. The van der Waals surface area contributed by atoms with Crippen LogP contribution < -0.4 is 10.1 Å². The average Bonchev–Trinajstić information content (AvgIpc) is 3.09. The molecule has 0 unspecified atom stereocenters. The van der Waals surface area contributed by atoms with Gasteiger partial charge in [-0.05, 0) is 82.8 Å². The number of fused-ring (bicyclic) bond motifs is 1. The summed E-state index contributed by atoms with van der Waals surface area (Å²) in [7, 11) is 1.64. The molecule has 0 aliphatic carbocycles. The van der Waals surface area contributed by atoms with Gasteiger partial charge in [-0.2, -0.15) is 5.10 Å². The number of amides is 1. The van der Waals surface area contributed by atoms with Crippen LogP contribution in [0.25, 0.3) is 5.69 Å². The van der Waals surface area contributed by atoms with Crippen LogP contribution in [0.3, 0.4) is 0 Å². The largest absolute Gasteiger partial charge is 0.494 e. The third-order valence-electron chi connectivity index (χ3n) is 6.43. The molecule has 0 spiro atoms. The minimum Gasteiger partial charge on any atom is -0.494 e. The third kappa shape index (κ3) is 4.17. The van der Waals surface area contributed by atoms with Gasteiger partial charge < -0.3 is 15.0 Å². The van der Waals surface area contributed by atoms with Crippen molar-refractivity contribution in [2.75, 3.05) is 26.7 Å². The molecule has 2 atom stereocenters. The monoisotopic (exact) mass is 396 g/mol. The highest BCUT2D eigenvalue weighted by Crippen LogP contribution is 2.30. The Labute approximate surface area is 173 Å². The zero-order valence-electron chi connectivity index (χ0n) is 17.8. The van der Waals surface area contributed by atoms with E-state index in [0.29, 0.717) is 23.3 Å². The van der Waals surface area contributed by atoms with Crippen LogP contribution in [-0.2, 0) is 0 Å². The van der Waals surface area contributed by atoms with Gasteiger partial charge in [-0.15, -0.1) is 0 Å². The molecule has 1 aromatic carbocycles. The first-order valence-electron chi connectivity index (χ1n) is 10.8. The lowest BCUT2D eigenvalue weighted by Gasteiger charge is -2.44. The molecule has 0 saturated carbocycles. The first-order chi connectivity index (χ1) is 14.1. The Balaban J connectivity index is 1.49. The van der Waals surface area contributed by atoms with E-state index in [2.05, 4.69) is 15.3 Å². The molecule has 1 amide bonds. The fraction of sp³-hybridized carbons (Fsp3) is 0.565. The molecule has 2 aliphatic heterocycles. The molecular weight excluding hydrogens is 364 g/mol. The Morgan fingerprint density at radius 1 is 1.17 bits per heavy atom. The maximum atomic E-state index is 12.9. The van der Waals surface area contributed by atoms with Crippen LogP contribution in [-0.4, -0.2) is 53.4 Å². The minimum absolute atomic E-state index is 0.0247. The van der Waals surface area contributed by atoms with Crippen LogP contribution in [0.4, 0.5) is 0 Å². The highest BCUT2D eigenvalue weighted by atomic mass is 16.5. The van der Waals surface area contributed by atoms with E-state index in [4.69, 9.17) is 4.74 Å². The van der Waals surface area contributed by atoms with E-state index in [1.165, 1.54) is 45.2 Å². The van der Waals surface area contributed by atoms with Crippen molar-refractivity contribution in [1.82, 2.24) is 20.0 Å². The molecule has 4 rings (SSSR count). The van der Waals surface area contributed by atoms with Crippen molar-refractivity contribution in [2.24, 2.45) is 5.92 Å². The minimum atomic E-state index is -0.0247.